The lowest BCUT2D eigenvalue weighted by Crippen LogP contribution is -2.30. The smallest absolute Gasteiger partial charge is 0.0982 e. The maximum atomic E-state index is 4.58. The van der Waals surface area contributed by atoms with Gasteiger partial charge in [0.15, 0.2) is 0 Å². The second-order valence-electron chi connectivity index (χ2n) is 5.09. The number of rotatable bonds is 0. The molecule has 0 saturated carbocycles. The molecule has 86 valence electrons. The molecule has 2 heterocycles. The molecule has 1 aromatic carbocycles. The van der Waals surface area contributed by atoms with Gasteiger partial charge in [0.05, 0.1) is 22.3 Å². The van der Waals surface area contributed by atoms with Crippen molar-refractivity contribution in [3.05, 3.63) is 35.7 Å². The Hall–Kier alpha value is -1.90. The van der Waals surface area contributed by atoms with Crippen molar-refractivity contribution in [2.24, 2.45) is 0 Å². The largest absolute Gasteiger partial charge is 0.376 e. The highest BCUT2D eigenvalue weighted by Gasteiger charge is 2.20. The van der Waals surface area contributed by atoms with Crippen LogP contribution in [0.2, 0.25) is 0 Å². The second-order valence-corrected chi connectivity index (χ2v) is 5.09. The van der Waals surface area contributed by atoms with Gasteiger partial charge in [-0.3, -0.25) is 4.98 Å². The van der Waals surface area contributed by atoms with Gasteiger partial charge in [-0.25, -0.2) is 4.98 Å². The van der Waals surface area contributed by atoms with Crippen molar-refractivity contribution in [1.29, 1.82) is 0 Å². The zero-order chi connectivity index (χ0) is 12.0. The van der Waals surface area contributed by atoms with E-state index in [1.807, 2.05) is 13.0 Å². The maximum absolute atomic E-state index is 4.58. The minimum absolute atomic E-state index is 0.00205. The van der Waals surface area contributed by atoms with Crippen molar-refractivity contribution in [2.45, 2.75) is 26.3 Å². The molecule has 0 aliphatic carbocycles. The number of hydrogen-bond acceptors (Lipinski definition) is 3. The molecule has 0 spiro atoms. The summed E-state index contributed by atoms with van der Waals surface area (Å²) in [6.07, 6.45) is 6.11. The summed E-state index contributed by atoms with van der Waals surface area (Å²) in [6, 6.07) is 4.09. The van der Waals surface area contributed by atoms with Crippen LogP contribution in [0.1, 0.15) is 25.1 Å². The first-order valence-electron chi connectivity index (χ1n) is 5.79. The number of fused-ring (bicyclic) bond motifs is 3. The number of nitrogens with zero attached hydrogens (tertiary/aromatic N) is 2. The lowest BCUT2D eigenvalue weighted by Gasteiger charge is -2.29. The van der Waals surface area contributed by atoms with E-state index in [4.69, 9.17) is 0 Å². The molecule has 3 nitrogen and oxygen atoms in total. The molecule has 0 atom stereocenters. The predicted octanol–water partition coefficient (Wildman–Crippen LogP) is 3.16. The molecule has 2 aromatic rings. The molecule has 1 aliphatic heterocycles. The molecule has 0 amide bonds. The average Bonchev–Trinajstić information content (AvgIpc) is 2.27. The summed E-state index contributed by atoms with van der Waals surface area (Å²) in [4.78, 5) is 8.98. The molecule has 0 radical (unpaired) electrons. The van der Waals surface area contributed by atoms with Crippen LogP contribution >= 0.6 is 0 Å². The van der Waals surface area contributed by atoms with Crippen LogP contribution in [0, 0.1) is 6.92 Å². The highest BCUT2D eigenvalue weighted by Crippen LogP contribution is 2.32. The highest BCUT2D eigenvalue weighted by atomic mass is 15.0. The summed E-state index contributed by atoms with van der Waals surface area (Å²) >= 11 is 0. The van der Waals surface area contributed by atoms with Gasteiger partial charge in [0, 0.05) is 17.4 Å². The van der Waals surface area contributed by atoms with Crippen LogP contribution in [0.25, 0.3) is 17.1 Å². The molecule has 0 saturated heterocycles. The van der Waals surface area contributed by atoms with Crippen LogP contribution in [0.15, 0.2) is 24.4 Å². The number of aryl methyl sites for hydroxylation is 1. The minimum atomic E-state index is -0.00205. The van der Waals surface area contributed by atoms with Gasteiger partial charge in [0.1, 0.15) is 0 Å². The number of hydrogen-bond donors (Lipinski definition) is 1. The number of anilines is 1. The van der Waals surface area contributed by atoms with Gasteiger partial charge in [0.2, 0.25) is 0 Å². The van der Waals surface area contributed by atoms with Crippen molar-refractivity contribution in [3.8, 4) is 0 Å². The number of benzene rings is 1. The summed E-state index contributed by atoms with van der Waals surface area (Å²) in [7, 11) is 0. The Morgan fingerprint density at radius 3 is 2.88 bits per heavy atom. The number of aromatic nitrogens is 2. The van der Waals surface area contributed by atoms with E-state index in [0.29, 0.717) is 0 Å². The fraction of sp³-hybridized carbons (Fsp3) is 0.286. The monoisotopic (exact) mass is 225 g/mol. The van der Waals surface area contributed by atoms with E-state index in [9.17, 15) is 0 Å². The fourth-order valence-electron chi connectivity index (χ4n) is 2.14. The molecular weight excluding hydrogens is 210 g/mol. The zero-order valence-corrected chi connectivity index (χ0v) is 10.3. The van der Waals surface area contributed by atoms with E-state index in [1.54, 1.807) is 6.20 Å². The third-order valence-electron chi connectivity index (χ3n) is 3.00. The van der Waals surface area contributed by atoms with Crippen LogP contribution < -0.4 is 5.32 Å². The summed E-state index contributed by atoms with van der Waals surface area (Å²) in [6.45, 7) is 6.27. The van der Waals surface area contributed by atoms with E-state index in [1.165, 1.54) is 0 Å². The SMILES string of the molecule is Cc1cnc2ccc3c(c2n1)C=CC(C)(C)N3. The first-order chi connectivity index (χ1) is 8.05. The highest BCUT2D eigenvalue weighted by molar-refractivity contribution is 5.92. The van der Waals surface area contributed by atoms with Crippen molar-refractivity contribution in [2.75, 3.05) is 5.32 Å². The Labute approximate surface area is 101 Å². The molecule has 0 fully saturated rings. The molecule has 1 aliphatic rings. The van der Waals surface area contributed by atoms with Crippen LogP contribution in [-0.4, -0.2) is 15.5 Å². The summed E-state index contributed by atoms with van der Waals surface area (Å²) < 4.78 is 0. The van der Waals surface area contributed by atoms with Gasteiger partial charge in [-0.1, -0.05) is 12.2 Å². The van der Waals surface area contributed by atoms with E-state index in [2.05, 4.69) is 47.4 Å². The van der Waals surface area contributed by atoms with Crippen molar-refractivity contribution >= 4 is 22.8 Å². The lowest BCUT2D eigenvalue weighted by molar-refractivity contribution is 0.711. The van der Waals surface area contributed by atoms with Gasteiger partial charge in [0.25, 0.3) is 0 Å². The number of nitrogens with one attached hydrogen (secondary N) is 1. The molecule has 1 aromatic heterocycles. The Morgan fingerprint density at radius 1 is 1.24 bits per heavy atom. The molecule has 0 unspecified atom stereocenters. The van der Waals surface area contributed by atoms with E-state index in [0.717, 1.165) is 28.0 Å². The quantitative estimate of drug-likeness (QED) is 0.748. The zero-order valence-electron chi connectivity index (χ0n) is 10.3. The Bertz CT molecular complexity index is 627. The molecule has 0 bridgehead atoms. The summed E-state index contributed by atoms with van der Waals surface area (Å²) in [5, 5.41) is 3.49. The predicted molar refractivity (Wildman–Crippen MR) is 71.0 cm³/mol. The Kier molecular flexibility index (Phi) is 1.99. The van der Waals surface area contributed by atoms with Crippen molar-refractivity contribution in [3.63, 3.8) is 0 Å². The van der Waals surface area contributed by atoms with Crippen LogP contribution in [0.3, 0.4) is 0 Å². The molecular formula is C14H15N3. The first-order valence-corrected chi connectivity index (χ1v) is 5.79. The normalized spacial score (nSPS) is 16.6. The molecule has 3 rings (SSSR count). The van der Waals surface area contributed by atoms with E-state index < -0.39 is 0 Å². The van der Waals surface area contributed by atoms with Crippen molar-refractivity contribution < 1.29 is 0 Å². The summed E-state index contributed by atoms with van der Waals surface area (Å²) in [5.41, 5.74) is 5.13. The third kappa shape index (κ3) is 1.68. The summed E-state index contributed by atoms with van der Waals surface area (Å²) in [5.74, 6) is 0. The van der Waals surface area contributed by atoms with Gasteiger partial charge >= 0.3 is 0 Å². The maximum Gasteiger partial charge on any atom is 0.0982 e. The van der Waals surface area contributed by atoms with Gasteiger partial charge in [-0.15, -0.1) is 0 Å². The molecule has 1 N–H and O–H groups in total. The standard InChI is InChI=1S/C14H15N3/c1-9-8-15-12-5-4-11-10(13(12)16-9)6-7-14(2,3)17-11/h4-8,17H,1-3H3. The molecule has 17 heavy (non-hydrogen) atoms. The third-order valence-corrected chi connectivity index (χ3v) is 3.00. The van der Waals surface area contributed by atoms with Gasteiger partial charge in [-0.2, -0.15) is 0 Å². The second kappa shape index (κ2) is 3.29. The Morgan fingerprint density at radius 2 is 2.06 bits per heavy atom. The van der Waals surface area contributed by atoms with Crippen LogP contribution in [0.4, 0.5) is 5.69 Å². The lowest BCUT2D eigenvalue weighted by atomic mass is 9.96. The van der Waals surface area contributed by atoms with E-state index >= 15 is 0 Å². The first kappa shape index (κ1) is 10.3. The van der Waals surface area contributed by atoms with Crippen molar-refractivity contribution in [1.82, 2.24) is 9.97 Å². The van der Waals surface area contributed by atoms with Gasteiger partial charge < -0.3 is 5.32 Å². The van der Waals surface area contributed by atoms with Crippen LogP contribution in [-0.2, 0) is 0 Å². The minimum Gasteiger partial charge on any atom is -0.376 e. The fourth-order valence-corrected chi connectivity index (χ4v) is 2.14. The Balaban J connectivity index is 2.30. The van der Waals surface area contributed by atoms with Gasteiger partial charge in [-0.05, 0) is 32.9 Å². The average molecular weight is 225 g/mol. The topological polar surface area (TPSA) is 37.8 Å². The van der Waals surface area contributed by atoms with E-state index in [-0.39, 0.29) is 5.54 Å². The van der Waals surface area contributed by atoms with Crippen LogP contribution in [0.5, 0.6) is 0 Å². The molecule has 3 heteroatoms.